The van der Waals surface area contributed by atoms with Crippen LogP contribution in [0.15, 0.2) is 18.2 Å². The molecule has 0 bridgehead atoms. The number of para-hydroxylation sites is 1. The highest BCUT2D eigenvalue weighted by Crippen LogP contribution is 2.28. The standard InChI is InChI=1S/C11H15ClN2S2/c12-9-2-1-3-10(11(9)13)14-6-8-7-15-4-5-16-8/h1-3,8,14H,4-7,13H2. The van der Waals surface area contributed by atoms with Crippen molar-refractivity contribution in [3.8, 4) is 0 Å². The highest BCUT2D eigenvalue weighted by molar-refractivity contribution is 8.06. The summed E-state index contributed by atoms with van der Waals surface area (Å²) in [6.07, 6.45) is 0. The summed E-state index contributed by atoms with van der Waals surface area (Å²) in [7, 11) is 0. The third kappa shape index (κ3) is 3.15. The van der Waals surface area contributed by atoms with Crippen LogP contribution in [0.4, 0.5) is 11.4 Å². The van der Waals surface area contributed by atoms with E-state index in [1.807, 2.05) is 41.7 Å². The van der Waals surface area contributed by atoms with Gasteiger partial charge in [-0.2, -0.15) is 23.5 Å². The fraction of sp³-hybridized carbons (Fsp3) is 0.455. The molecule has 0 aromatic heterocycles. The monoisotopic (exact) mass is 274 g/mol. The molecule has 1 aromatic rings. The molecule has 1 heterocycles. The lowest BCUT2D eigenvalue weighted by atomic mass is 10.2. The second-order valence-electron chi connectivity index (χ2n) is 3.65. The number of hydrogen-bond donors (Lipinski definition) is 2. The summed E-state index contributed by atoms with van der Waals surface area (Å²) < 4.78 is 0. The van der Waals surface area contributed by atoms with Gasteiger partial charge < -0.3 is 11.1 Å². The Balaban J connectivity index is 1.91. The molecule has 0 radical (unpaired) electrons. The first-order valence-electron chi connectivity index (χ1n) is 5.24. The first kappa shape index (κ1) is 12.3. The number of benzene rings is 1. The molecular weight excluding hydrogens is 260 g/mol. The minimum atomic E-state index is 0.621. The summed E-state index contributed by atoms with van der Waals surface area (Å²) in [4.78, 5) is 0. The fourth-order valence-electron chi connectivity index (χ4n) is 1.57. The van der Waals surface area contributed by atoms with Gasteiger partial charge in [-0.3, -0.25) is 0 Å². The van der Waals surface area contributed by atoms with Gasteiger partial charge in [-0.05, 0) is 12.1 Å². The van der Waals surface area contributed by atoms with Crippen molar-refractivity contribution in [3.63, 3.8) is 0 Å². The van der Waals surface area contributed by atoms with Crippen LogP contribution in [0.3, 0.4) is 0 Å². The van der Waals surface area contributed by atoms with Crippen LogP contribution in [0.25, 0.3) is 0 Å². The van der Waals surface area contributed by atoms with Crippen LogP contribution in [0.2, 0.25) is 5.02 Å². The van der Waals surface area contributed by atoms with Gasteiger partial charge in [0.2, 0.25) is 0 Å². The van der Waals surface area contributed by atoms with Gasteiger partial charge in [0.15, 0.2) is 0 Å². The van der Waals surface area contributed by atoms with E-state index in [1.54, 1.807) is 0 Å². The van der Waals surface area contributed by atoms with E-state index in [4.69, 9.17) is 17.3 Å². The van der Waals surface area contributed by atoms with Gasteiger partial charge >= 0.3 is 0 Å². The molecule has 3 N–H and O–H groups in total. The lowest BCUT2D eigenvalue weighted by molar-refractivity contribution is 1.01. The van der Waals surface area contributed by atoms with E-state index in [2.05, 4.69) is 5.32 Å². The molecule has 1 atom stereocenters. The van der Waals surface area contributed by atoms with Crippen LogP contribution in [0, 0.1) is 0 Å². The predicted molar refractivity (Wildman–Crippen MR) is 77.9 cm³/mol. The molecular formula is C11H15ClN2S2. The second-order valence-corrected chi connectivity index (χ2v) is 6.61. The van der Waals surface area contributed by atoms with Gasteiger partial charge in [-0.1, -0.05) is 17.7 Å². The maximum absolute atomic E-state index is 5.96. The van der Waals surface area contributed by atoms with Crippen LogP contribution in [-0.4, -0.2) is 29.1 Å². The average molecular weight is 275 g/mol. The number of halogens is 1. The zero-order valence-corrected chi connectivity index (χ0v) is 11.3. The molecule has 2 nitrogen and oxygen atoms in total. The normalized spacial score (nSPS) is 20.7. The van der Waals surface area contributed by atoms with Crippen molar-refractivity contribution in [2.75, 3.05) is 34.9 Å². The molecule has 1 fully saturated rings. The minimum absolute atomic E-state index is 0.621. The minimum Gasteiger partial charge on any atom is -0.396 e. The number of anilines is 2. The van der Waals surface area contributed by atoms with Crippen LogP contribution >= 0.6 is 35.1 Å². The summed E-state index contributed by atoms with van der Waals surface area (Å²) in [6, 6.07) is 5.71. The number of hydrogen-bond acceptors (Lipinski definition) is 4. The van der Waals surface area contributed by atoms with Crippen molar-refractivity contribution in [2.45, 2.75) is 5.25 Å². The zero-order valence-electron chi connectivity index (χ0n) is 8.91. The molecule has 1 aromatic carbocycles. The lowest BCUT2D eigenvalue weighted by Gasteiger charge is -2.22. The van der Waals surface area contributed by atoms with E-state index in [9.17, 15) is 0 Å². The van der Waals surface area contributed by atoms with E-state index in [-0.39, 0.29) is 0 Å². The summed E-state index contributed by atoms with van der Waals surface area (Å²) in [5.74, 6) is 3.75. The molecule has 0 amide bonds. The lowest BCUT2D eigenvalue weighted by Crippen LogP contribution is -2.23. The highest BCUT2D eigenvalue weighted by Gasteiger charge is 2.14. The van der Waals surface area contributed by atoms with Gasteiger partial charge in [-0.15, -0.1) is 0 Å². The van der Waals surface area contributed by atoms with Crippen LogP contribution in [0.5, 0.6) is 0 Å². The predicted octanol–water partition coefficient (Wildman–Crippen LogP) is 3.18. The number of rotatable bonds is 3. The molecule has 1 aliphatic heterocycles. The summed E-state index contributed by atoms with van der Waals surface area (Å²) in [5, 5.41) is 4.68. The first-order chi connectivity index (χ1) is 7.77. The van der Waals surface area contributed by atoms with E-state index in [0.717, 1.165) is 12.2 Å². The Kier molecular flexibility index (Phi) is 4.55. The number of thioether (sulfide) groups is 2. The van der Waals surface area contributed by atoms with Crippen LogP contribution < -0.4 is 11.1 Å². The van der Waals surface area contributed by atoms with Crippen molar-refractivity contribution in [2.24, 2.45) is 0 Å². The molecule has 1 aliphatic rings. The Morgan fingerprint density at radius 1 is 1.44 bits per heavy atom. The Morgan fingerprint density at radius 2 is 2.31 bits per heavy atom. The molecule has 2 rings (SSSR count). The van der Waals surface area contributed by atoms with Gasteiger partial charge in [0.25, 0.3) is 0 Å². The third-order valence-corrected chi connectivity index (χ3v) is 5.63. The third-order valence-electron chi connectivity index (χ3n) is 2.46. The van der Waals surface area contributed by atoms with E-state index < -0.39 is 0 Å². The maximum atomic E-state index is 5.96. The number of nitrogens with one attached hydrogen (secondary N) is 1. The molecule has 0 aliphatic carbocycles. The van der Waals surface area contributed by atoms with E-state index in [0.29, 0.717) is 16.0 Å². The average Bonchev–Trinajstić information content (AvgIpc) is 2.32. The molecule has 0 saturated carbocycles. The van der Waals surface area contributed by atoms with Gasteiger partial charge in [0.1, 0.15) is 0 Å². The summed E-state index contributed by atoms with van der Waals surface area (Å²) in [6.45, 7) is 0.961. The van der Waals surface area contributed by atoms with Crippen molar-refractivity contribution >= 4 is 46.5 Å². The van der Waals surface area contributed by atoms with Crippen molar-refractivity contribution in [3.05, 3.63) is 23.2 Å². The number of nitrogens with two attached hydrogens (primary N) is 1. The van der Waals surface area contributed by atoms with Gasteiger partial charge in [-0.25, -0.2) is 0 Å². The Morgan fingerprint density at radius 3 is 3.06 bits per heavy atom. The summed E-state index contributed by atoms with van der Waals surface area (Å²) in [5.41, 5.74) is 7.49. The quantitative estimate of drug-likeness (QED) is 0.831. The molecule has 1 saturated heterocycles. The largest absolute Gasteiger partial charge is 0.396 e. The van der Waals surface area contributed by atoms with E-state index >= 15 is 0 Å². The topological polar surface area (TPSA) is 38.0 Å². The highest BCUT2D eigenvalue weighted by atomic mass is 35.5. The maximum Gasteiger partial charge on any atom is 0.0739 e. The Labute approximate surface area is 110 Å². The fourth-order valence-corrected chi connectivity index (χ4v) is 4.36. The smallest absolute Gasteiger partial charge is 0.0739 e. The number of nitrogen functional groups attached to an aromatic ring is 1. The Bertz CT molecular complexity index is 354. The zero-order chi connectivity index (χ0) is 11.4. The molecule has 1 unspecified atom stereocenters. The van der Waals surface area contributed by atoms with Crippen molar-refractivity contribution < 1.29 is 0 Å². The van der Waals surface area contributed by atoms with Crippen molar-refractivity contribution in [1.29, 1.82) is 0 Å². The Hall–Kier alpha value is -0.190. The van der Waals surface area contributed by atoms with Gasteiger partial charge in [0, 0.05) is 29.1 Å². The first-order valence-corrected chi connectivity index (χ1v) is 7.82. The SMILES string of the molecule is Nc1c(Cl)cccc1NCC1CSCCS1. The molecule has 5 heteroatoms. The van der Waals surface area contributed by atoms with Crippen LogP contribution in [0.1, 0.15) is 0 Å². The van der Waals surface area contributed by atoms with Crippen molar-refractivity contribution in [1.82, 2.24) is 0 Å². The van der Waals surface area contributed by atoms with Crippen LogP contribution in [-0.2, 0) is 0 Å². The van der Waals surface area contributed by atoms with Gasteiger partial charge in [0.05, 0.1) is 16.4 Å². The molecule has 0 spiro atoms. The second kappa shape index (κ2) is 5.94. The molecule has 88 valence electrons. The summed E-state index contributed by atoms with van der Waals surface area (Å²) >= 11 is 10.0. The molecule has 16 heavy (non-hydrogen) atoms. The van der Waals surface area contributed by atoms with E-state index in [1.165, 1.54) is 17.3 Å².